The lowest BCUT2D eigenvalue weighted by molar-refractivity contribution is -0.130. The van der Waals surface area contributed by atoms with Gasteiger partial charge in [-0.1, -0.05) is 0 Å². The molecular formula is C14H17FN2O4. The van der Waals surface area contributed by atoms with E-state index < -0.39 is 11.8 Å². The first-order valence-corrected chi connectivity index (χ1v) is 6.46. The van der Waals surface area contributed by atoms with Crippen molar-refractivity contribution in [1.29, 1.82) is 0 Å². The number of hydrogen-bond acceptors (Lipinski definition) is 5. The summed E-state index contributed by atoms with van der Waals surface area (Å²) in [7, 11) is 1.16. The molecule has 0 radical (unpaired) electrons. The molecule has 6 nitrogen and oxygen atoms in total. The van der Waals surface area contributed by atoms with Crippen LogP contribution in [-0.2, 0) is 14.3 Å². The minimum absolute atomic E-state index is 0.108. The molecule has 0 aliphatic carbocycles. The summed E-state index contributed by atoms with van der Waals surface area (Å²) in [6.07, 6.45) is 0. The van der Waals surface area contributed by atoms with Crippen LogP contribution in [0.5, 0.6) is 0 Å². The van der Waals surface area contributed by atoms with Crippen LogP contribution in [0.4, 0.5) is 10.1 Å². The van der Waals surface area contributed by atoms with E-state index >= 15 is 0 Å². The molecule has 1 heterocycles. The smallest absolute Gasteiger partial charge is 0.340 e. The van der Waals surface area contributed by atoms with Gasteiger partial charge < -0.3 is 20.1 Å². The molecule has 1 fully saturated rings. The van der Waals surface area contributed by atoms with Crippen molar-refractivity contribution in [3.63, 3.8) is 0 Å². The molecule has 0 atom stereocenters. The molecule has 1 aromatic rings. The standard InChI is InChI=1S/C14H17FN2O4/c1-14(7-16-8-14)21-6-12(18)17-9-3-4-11(15)10(5-9)13(19)20-2/h3-5,16H,6-8H2,1-2H3,(H,17,18). The Morgan fingerprint density at radius 1 is 1.43 bits per heavy atom. The van der Waals surface area contributed by atoms with Crippen LogP contribution in [0.15, 0.2) is 18.2 Å². The molecule has 1 aromatic carbocycles. The number of benzene rings is 1. The highest BCUT2D eigenvalue weighted by atomic mass is 19.1. The van der Waals surface area contributed by atoms with Gasteiger partial charge in [-0.25, -0.2) is 9.18 Å². The van der Waals surface area contributed by atoms with Gasteiger partial charge in [0.2, 0.25) is 5.91 Å². The van der Waals surface area contributed by atoms with Crippen molar-refractivity contribution in [2.24, 2.45) is 0 Å². The topological polar surface area (TPSA) is 76.7 Å². The van der Waals surface area contributed by atoms with Gasteiger partial charge in [-0.05, 0) is 25.1 Å². The number of ether oxygens (including phenoxy) is 2. The van der Waals surface area contributed by atoms with Crippen molar-refractivity contribution < 1.29 is 23.5 Å². The van der Waals surface area contributed by atoms with E-state index in [1.165, 1.54) is 12.1 Å². The molecule has 0 spiro atoms. The third-order valence-electron chi connectivity index (χ3n) is 3.21. The molecule has 2 N–H and O–H groups in total. The molecule has 2 rings (SSSR count). The van der Waals surface area contributed by atoms with Gasteiger partial charge in [0.15, 0.2) is 0 Å². The molecule has 1 aliphatic heterocycles. The summed E-state index contributed by atoms with van der Waals surface area (Å²) in [5.41, 5.74) is -0.245. The fourth-order valence-corrected chi connectivity index (χ4v) is 1.89. The SMILES string of the molecule is COC(=O)c1cc(NC(=O)COC2(C)CNC2)ccc1F. The maximum atomic E-state index is 13.5. The van der Waals surface area contributed by atoms with Crippen LogP contribution in [0.25, 0.3) is 0 Å². The highest BCUT2D eigenvalue weighted by Gasteiger charge is 2.33. The van der Waals surface area contributed by atoms with Crippen LogP contribution in [0.2, 0.25) is 0 Å². The second kappa shape index (κ2) is 6.19. The summed E-state index contributed by atoms with van der Waals surface area (Å²) in [6, 6.07) is 3.69. The third-order valence-corrected chi connectivity index (χ3v) is 3.21. The molecule has 0 saturated carbocycles. The quantitative estimate of drug-likeness (QED) is 0.791. The molecule has 0 unspecified atom stereocenters. The second-order valence-electron chi connectivity index (χ2n) is 5.08. The second-order valence-corrected chi connectivity index (χ2v) is 5.08. The van der Waals surface area contributed by atoms with E-state index in [4.69, 9.17) is 4.74 Å². The van der Waals surface area contributed by atoms with Gasteiger partial charge in [0, 0.05) is 18.8 Å². The zero-order valence-corrected chi connectivity index (χ0v) is 11.9. The Morgan fingerprint density at radius 3 is 2.71 bits per heavy atom. The average molecular weight is 296 g/mol. The fourth-order valence-electron chi connectivity index (χ4n) is 1.89. The minimum atomic E-state index is -0.798. The Kier molecular flexibility index (Phi) is 4.54. The lowest BCUT2D eigenvalue weighted by Crippen LogP contribution is -2.59. The van der Waals surface area contributed by atoms with E-state index in [1.54, 1.807) is 0 Å². The first-order valence-electron chi connectivity index (χ1n) is 6.46. The van der Waals surface area contributed by atoms with E-state index in [0.29, 0.717) is 18.8 Å². The van der Waals surface area contributed by atoms with E-state index in [1.807, 2.05) is 6.92 Å². The number of carbonyl (C=O) groups excluding carboxylic acids is 2. The molecular weight excluding hydrogens is 279 g/mol. The molecule has 1 amide bonds. The summed E-state index contributed by atoms with van der Waals surface area (Å²) in [6.45, 7) is 3.19. The first-order chi connectivity index (χ1) is 9.93. The number of methoxy groups -OCH3 is 1. The predicted octanol–water partition coefficient (Wildman–Crippen LogP) is 0.929. The van der Waals surface area contributed by atoms with E-state index in [9.17, 15) is 14.0 Å². The zero-order valence-electron chi connectivity index (χ0n) is 11.9. The number of amides is 1. The lowest BCUT2D eigenvalue weighted by atomic mass is 10.0. The van der Waals surface area contributed by atoms with Gasteiger partial charge >= 0.3 is 5.97 Å². The van der Waals surface area contributed by atoms with Gasteiger partial charge in [-0.3, -0.25) is 4.79 Å². The fraction of sp³-hybridized carbons (Fsp3) is 0.429. The molecule has 114 valence electrons. The van der Waals surface area contributed by atoms with Gasteiger partial charge in [-0.15, -0.1) is 0 Å². The summed E-state index contributed by atoms with van der Waals surface area (Å²) < 4.78 is 23.4. The van der Waals surface area contributed by atoms with Crippen LogP contribution in [0, 0.1) is 5.82 Å². The van der Waals surface area contributed by atoms with Crippen molar-refractivity contribution >= 4 is 17.6 Å². The average Bonchev–Trinajstić information content (AvgIpc) is 2.44. The van der Waals surface area contributed by atoms with Crippen molar-refractivity contribution in [2.45, 2.75) is 12.5 Å². The molecule has 0 bridgehead atoms. The van der Waals surface area contributed by atoms with Crippen LogP contribution in [0.1, 0.15) is 17.3 Å². The Balaban J connectivity index is 1.95. The van der Waals surface area contributed by atoms with Crippen LogP contribution in [0.3, 0.4) is 0 Å². The number of nitrogens with one attached hydrogen (secondary N) is 2. The molecule has 1 saturated heterocycles. The summed E-state index contributed by atoms with van der Waals surface area (Å²) in [4.78, 5) is 23.1. The minimum Gasteiger partial charge on any atom is -0.465 e. The molecule has 7 heteroatoms. The Bertz CT molecular complexity index is 558. The van der Waals surface area contributed by atoms with Crippen LogP contribution in [-0.4, -0.2) is 44.3 Å². The van der Waals surface area contributed by atoms with Gasteiger partial charge in [-0.2, -0.15) is 0 Å². The molecule has 1 aliphatic rings. The van der Waals surface area contributed by atoms with E-state index in [2.05, 4.69) is 15.4 Å². The summed E-state index contributed by atoms with van der Waals surface area (Å²) in [5.74, 6) is -1.87. The summed E-state index contributed by atoms with van der Waals surface area (Å²) in [5, 5.41) is 5.61. The monoisotopic (exact) mass is 296 g/mol. The number of halogens is 1. The molecule has 21 heavy (non-hydrogen) atoms. The highest BCUT2D eigenvalue weighted by Crippen LogP contribution is 2.17. The summed E-state index contributed by atoms with van der Waals surface area (Å²) >= 11 is 0. The number of rotatable bonds is 5. The maximum absolute atomic E-state index is 13.5. The predicted molar refractivity (Wildman–Crippen MR) is 73.6 cm³/mol. The lowest BCUT2D eigenvalue weighted by Gasteiger charge is -2.38. The highest BCUT2D eigenvalue weighted by molar-refractivity contribution is 5.95. The Hall–Kier alpha value is -1.99. The largest absolute Gasteiger partial charge is 0.465 e. The number of esters is 1. The van der Waals surface area contributed by atoms with Crippen molar-refractivity contribution in [3.05, 3.63) is 29.6 Å². The van der Waals surface area contributed by atoms with Crippen LogP contribution < -0.4 is 10.6 Å². The van der Waals surface area contributed by atoms with Crippen molar-refractivity contribution in [2.75, 3.05) is 32.1 Å². The Morgan fingerprint density at radius 2 is 2.14 bits per heavy atom. The Labute approximate surface area is 121 Å². The van der Waals surface area contributed by atoms with E-state index in [0.717, 1.165) is 13.2 Å². The zero-order chi connectivity index (χ0) is 15.5. The van der Waals surface area contributed by atoms with Gasteiger partial charge in [0.05, 0.1) is 18.3 Å². The van der Waals surface area contributed by atoms with Gasteiger partial charge in [0.25, 0.3) is 0 Å². The van der Waals surface area contributed by atoms with Crippen LogP contribution >= 0.6 is 0 Å². The van der Waals surface area contributed by atoms with Crippen molar-refractivity contribution in [3.8, 4) is 0 Å². The first kappa shape index (κ1) is 15.4. The van der Waals surface area contributed by atoms with Crippen molar-refractivity contribution in [1.82, 2.24) is 5.32 Å². The maximum Gasteiger partial charge on any atom is 0.340 e. The normalized spacial score (nSPS) is 16.0. The molecule has 0 aromatic heterocycles. The number of carbonyl (C=O) groups is 2. The number of anilines is 1. The third kappa shape index (κ3) is 3.77. The van der Waals surface area contributed by atoms with Gasteiger partial charge in [0.1, 0.15) is 12.4 Å². The van der Waals surface area contributed by atoms with E-state index in [-0.39, 0.29) is 23.7 Å². The number of hydrogen-bond donors (Lipinski definition) is 2.